The molecule has 3 rings (SSSR count). The fourth-order valence-corrected chi connectivity index (χ4v) is 4.08. The van der Waals surface area contributed by atoms with Crippen molar-refractivity contribution in [1.82, 2.24) is 0 Å². The summed E-state index contributed by atoms with van der Waals surface area (Å²) in [6.07, 6.45) is 6.36. The second-order valence-electron chi connectivity index (χ2n) is 6.62. The Hall–Kier alpha value is -1.12. The molecular formula is C15H20O3. The normalized spacial score (nSPS) is 50.7. The summed E-state index contributed by atoms with van der Waals surface area (Å²) in [7, 11) is 0. The van der Waals surface area contributed by atoms with Gasteiger partial charge in [-0.25, -0.2) is 0 Å². The Morgan fingerprint density at radius 3 is 2.78 bits per heavy atom. The summed E-state index contributed by atoms with van der Waals surface area (Å²) in [4.78, 5) is 24.0. The van der Waals surface area contributed by atoms with Gasteiger partial charge in [0.05, 0.1) is 5.92 Å². The van der Waals surface area contributed by atoms with Crippen LogP contribution in [0.3, 0.4) is 0 Å². The van der Waals surface area contributed by atoms with E-state index in [1.807, 2.05) is 13.8 Å². The minimum atomic E-state index is -0.363. The third-order valence-corrected chi connectivity index (χ3v) is 5.55. The van der Waals surface area contributed by atoms with E-state index in [9.17, 15) is 9.59 Å². The van der Waals surface area contributed by atoms with E-state index in [-0.39, 0.29) is 34.6 Å². The fraction of sp³-hybridized carbons (Fsp3) is 0.733. The Labute approximate surface area is 108 Å². The van der Waals surface area contributed by atoms with Gasteiger partial charge in [0, 0.05) is 11.3 Å². The number of allylic oxidation sites excluding steroid dienone is 2. The predicted molar refractivity (Wildman–Crippen MR) is 66.7 cm³/mol. The van der Waals surface area contributed by atoms with Crippen LogP contribution in [-0.2, 0) is 14.3 Å². The number of carbonyl (C=O) groups excluding carboxylic acids is 2. The summed E-state index contributed by atoms with van der Waals surface area (Å²) in [5.41, 5.74) is -0.678. The molecule has 1 saturated carbocycles. The van der Waals surface area contributed by atoms with E-state index in [1.54, 1.807) is 6.08 Å². The number of fused-ring (bicyclic) bond motifs is 2. The molecule has 5 atom stereocenters. The molecule has 0 N–H and O–H groups in total. The van der Waals surface area contributed by atoms with E-state index in [0.717, 1.165) is 19.3 Å². The number of carbonyl (C=O) groups is 2. The SMILES string of the molecule is CC1C(=O)O[C@]2(C)CCC3C=CC(=O)C3(C)C[C@H]12. The third-order valence-electron chi connectivity index (χ3n) is 5.55. The lowest BCUT2D eigenvalue weighted by Crippen LogP contribution is -2.36. The van der Waals surface area contributed by atoms with Gasteiger partial charge in [0.1, 0.15) is 5.60 Å². The van der Waals surface area contributed by atoms with Crippen LogP contribution in [0.5, 0.6) is 0 Å². The third kappa shape index (κ3) is 1.36. The lowest BCUT2D eigenvalue weighted by molar-refractivity contribution is -0.150. The molecule has 1 aliphatic heterocycles. The second-order valence-corrected chi connectivity index (χ2v) is 6.62. The van der Waals surface area contributed by atoms with Crippen molar-refractivity contribution in [3.8, 4) is 0 Å². The van der Waals surface area contributed by atoms with E-state index in [2.05, 4.69) is 13.0 Å². The van der Waals surface area contributed by atoms with E-state index >= 15 is 0 Å². The highest BCUT2D eigenvalue weighted by atomic mass is 16.6. The first kappa shape index (κ1) is 11.9. The van der Waals surface area contributed by atoms with Crippen LogP contribution in [0.4, 0.5) is 0 Å². The predicted octanol–water partition coefficient (Wildman–Crippen LogP) is 2.50. The molecule has 0 radical (unpaired) electrons. The Morgan fingerprint density at radius 1 is 1.33 bits per heavy atom. The molecule has 3 nitrogen and oxygen atoms in total. The van der Waals surface area contributed by atoms with Gasteiger partial charge in [-0.2, -0.15) is 0 Å². The van der Waals surface area contributed by atoms with Crippen LogP contribution in [0.2, 0.25) is 0 Å². The molecule has 3 aliphatic rings. The molecule has 0 amide bonds. The van der Waals surface area contributed by atoms with Crippen molar-refractivity contribution in [2.75, 3.05) is 0 Å². The average molecular weight is 248 g/mol. The Balaban J connectivity index is 1.99. The maximum absolute atomic E-state index is 12.2. The lowest BCUT2D eigenvalue weighted by atomic mass is 9.69. The zero-order valence-corrected chi connectivity index (χ0v) is 11.2. The molecule has 0 aromatic rings. The molecule has 0 aromatic heterocycles. The first-order valence-electron chi connectivity index (χ1n) is 6.82. The van der Waals surface area contributed by atoms with Crippen LogP contribution in [0.25, 0.3) is 0 Å². The number of esters is 1. The standard InChI is InChI=1S/C15H20O3/c1-9-11-8-14(2)10(4-5-12(14)16)6-7-15(11,3)18-13(9)17/h4-5,9-11H,6-8H2,1-3H3/t9?,10?,11-,14?,15-/m1/s1. The van der Waals surface area contributed by atoms with Gasteiger partial charge in [-0.05, 0) is 38.2 Å². The van der Waals surface area contributed by atoms with Gasteiger partial charge in [0.2, 0.25) is 0 Å². The van der Waals surface area contributed by atoms with E-state index in [1.165, 1.54) is 0 Å². The van der Waals surface area contributed by atoms with Crippen molar-refractivity contribution in [2.24, 2.45) is 23.2 Å². The molecule has 18 heavy (non-hydrogen) atoms. The molecule has 3 heteroatoms. The maximum atomic E-state index is 12.2. The zero-order chi connectivity index (χ0) is 13.1. The topological polar surface area (TPSA) is 43.4 Å². The summed E-state index contributed by atoms with van der Waals surface area (Å²) in [6.45, 7) is 6.04. The number of hydrogen-bond donors (Lipinski definition) is 0. The summed E-state index contributed by atoms with van der Waals surface area (Å²) < 4.78 is 5.62. The Bertz CT molecular complexity index is 453. The van der Waals surface area contributed by atoms with Gasteiger partial charge in [0.25, 0.3) is 0 Å². The molecule has 2 aliphatic carbocycles. The molecule has 0 spiro atoms. The van der Waals surface area contributed by atoms with Crippen molar-refractivity contribution in [2.45, 2.75) is 45.6 Å². The number of ether oxygens (including phenoxy) is 1. The van der Waals surface area contributed by atoms with Gasteiger partial charge >= 0.3 is 5.97 Å². The smallest absolute Gasteiger partial charge is 0.309 e. The molecular weight excluding hydrogens is 228 g/mol. The van der Waals surface area contributed by atoms with Crippen molar-refractivity contribution in [3.63, 3.8) is 0 Å². The Kier molecular flexibility index (Phi) is 2.30. The van der Waals surface area contributed by atoms with Gasteiger partial charge in [-0.15, -0.1) is 0 Å². The molecule has 1 saturated heterocycles. The van der Waals surface area contributed by atoms with Crippen LogP contribution in [0, 0.1) is 23.2 Å². The van der Waals surface area contributed by atoms with Crippen molar-refractivity contribution in [3.05, 3.63) is 12.2 Å². The van der Waals surface area contributed by atoms with E-state index < -0.39 is 0 Å². The van der Waals surface area contributed by atoms with Crippen LogP contribution < -0.4 is 0 Å². The Morgan fingerprint density at radius 2 is 2.06 bits per heavy atom. The first-order chi connectivity index (χ1) is 8.37. The quantitative estimate of drug-likeness (QED) is 0.619. The summed E-state index contributed by atoms with van der Waals surface area (Å²) >= 11 is 0. The highest BCUT2D eigenvalue weighted by Crippen LogP contribution is 2.54. The fourth-order valence-electron chi connectivity index (χ4n) is 4.08. The first-order valence-corrected chi connectivity index (χ1v) is 6.82. The number of ketones is 1. The summed E-state index contributed by atoms with van der Waals surface area (Å²) in [5.74, 6) is 0.535. The van der Waals surface area contributed by atoms with Gasteiger partial charge < -0.3 is 4.74 Å². The maximum Gasteiger partial charge on any atom is 0.309 e. The molecule has 98 valence electrons. The van der Waals surface area contributed by atoms with Gasteiger partial charge in [0.15, 0.2) is 5.78 Å². The number of hydrogen-bond acceptors (Lipinski definition) is 3. The van der Waals surface area contributed by atoms with E-state index in [0.29, 0.717) is 5.92 Å². The summed E-state index contributed by atoms with van der Waals surface area (Å²) in [6, 6.07) is 0. The minimum absolute atomic E-state index is 0.0843. The van der Waals surface area contributed by atoms with Crippen LogP contribution in [-0.4, -0.2) is 17.4 Å². The van der Waals surface area contributed by atoms with Gasteiger partial charge in [-0.3, -0.25) is 9.59 Å². The minimum Gasteiger partial charge on any atom is -0.459 e. The van der Waals surface area contributed by atoms with Crippen LogP contribution in [0.15, 0.2) is 12.2 Å². The number of rotatable bonds is 0. The van der Waals surface area contributed by atoms with Crippen molar-refractivity contribution < 1.29 is 14.3 Å². The van der Waals surface area contributed by atoms with Crippen molar-refractivity contribution >= 4 is 11.8 Å². The average Bonchev–Trinajstić information content (AvgIpc) is 2.64. The van der Waals surface area contributed by atoms with E-state index in [4.69, 9.17) is 4.74 Å². The summed E-state index contributed by atoms with van der Waals surface area (Å²) in [5, 5.41) is 0. The highest BCUT2D eigenvalue weighted by molar-refractivity contribution is 5.97. The molecule has 0 bridgehead atoms. The molecule has 0 aromatic carbocycles. The van der Waals surface area contributed by atoms with Crippen molar-refractivity contribution in [1.29, 1.82) is 0 Å². The van der Waals surface area contributed by atoms with Crippen LogP contribution in [0.1, 0.15) is 40.0 Å². The molecule has 2 fully saturated rings. The monoisotopic (exact) mass is 248 g/mol. The van der Waals surface area contributed by atoms with Gasteiger partial charge in [-0.1, -0.05) is 19.9 Å². The second kappa shape index (κ2) is 3.46. The molecule has 1 heterocycles. The highest BCUT2D eigenvalue weighted by Gasteiger charge is 2.57. The largest absolute Gasteiger partial charge is 0.459 e. The zero-order valence-electron chi connectivity index (χ0n) is 11.2. The molecule has 3 unspecified atom stereocenters. The van der Waals surface area contributed by atoms with Crippen LogP contribution >= 0.6 is 0 Å². The lowest BCUT2D eigenvalue weighted by Gasteiger charge is -2.32.